The molecule has 3 aromatic rings. The normalized spacial score (nSPS) is 12.8. The van der Waals surface area contributed by atoms with Crippen LogP contribution in [0.15, 0.2) is 91.0 Å². The molecule has 33 heavy (non-hydrogen) atoms. The van der Waals surface area contributed by atoms with Gasteiger partial charge in [0.2, 0.25) is 11.8 Å². The fourth-order valence-corrected chi connectivity index (χ4v) is 4.20. The number of nitrogens with two attached hydrogens (primary N) is 2. The molecule has 0 aliphatic carbocycles. The Bertz CT molecular complexity index is 973. The van der Waals surface area contributed by atoms with Gasteiger partial charge in [-0.1, -0.05) is 91.0 Å². The molecular weight excluding hydrogens is 414 g/mol. The van der Waals surface area contributed by atoms with E-state index in [-0.39, 0.29) is 12.5 Å². The number of nitrogens with zero attached hydrogens (tertiary/aromatic N) is 1. The fraction of sp³-hybridized carbons (Fsp3) is 0.259. The molecule has 0 fully saturated rings. The van der Waals surface area contributed by atoms with E-state index in [1.54, 1.807) is 0 Å². The van der Waals surface area contributed by atoms with Gasteiger partial charge in [0.1, 0.15) is 6.04 Å². The Kier molecular flexibility index (Phi) is 8.75. The van der Waals surface area contributed by atoms with E-state index < -0.39 is 23.9 Å². The summed E-state index contributed by atoms with van der Waals surface area (Å²) in [5.41, 5.74) is 13.8. The van der Waals surface area contributed by atoms with Crippen LogP contribution in [-0.4, -0.2) is 41.0 Å². The summed E-state index contributed by atoms with van der Waals surface area (Å²) in [5.74, 6) is -1.58. The lowest BCUT2D eigenvalue weighted by atomic mass is 9.88. The van der Waals surface area contributed by atoms with Crippen molar-refractivity contribution >= 4 is 11.8 Å². The minimum atomic E-state index is -0.909. The molecule has 3 rings (SSSR count). The Morgan fingerprint density at radius 2 is 1.24 bits per heavy atom. The van der Waals surface area contributed by atoms with Crippen molar-refractivity contribution in [2.24, 2.45) is 11.5 Å². The summed E-state index contributed by atoms with van der Waals surface area (Å²) in [6, 6.07) is 26.4. The molecule has 0 radical (unpaired) electrons. The Labute approximate surface area is 194 Å². The Hall–Kier alpha value is -3.48. The van der Waals surface area contributed by atoms with Crippen LogP contribution in [-0.2, 0) is 9.59 Å². The largest absolute Gasteiger partial charge is 0.394 e. The summed E-state index contributed by atoms with van der Waals surface area (Å²) >= 11 is 0. The Morgan fingerprint density at radius 3 is 1.64 bits per heavy atom. The maximum absolute atomic E-state index is 14.3. The molecule has 0 unspecified atom stereocenters. The minimum Gasteiger partial charge on any atom is -0.394 e. The predicted octanol–water partition coefficient (Wildman–Crippen LogP) is 2.97. The number of amides is 2. The summed E-state index contributed by atoms with van der Waals surface area (Å²) in [6.07, 6.45) is 0.836. The molecule has 0 saturated carbocycles. The van der Waals surface area contributed by atoms with Crippen molar-refractivity contribution in [3.63, 3.8) is 0 Å². The summed E-state index contributed by atoms with van der Waals surface area (Å²) in [7, 11) is 0. The molecule has 0 spiro atoms. The first-order valence-corrected chi connectivity index (χ1v) is 11.2. The van der Waals surface area contributed by atoms with Crippen LogP contribution in [0, 0.1) is 0 Å². The molecule has 3 aromatic carbocycles. The molecule has 0 aliphatic rings. The maximum atomic E-state index is 14.3. The van der Waals surface area contributed by atoms with Gasteiger partial charge in [-0.3, -0.25) is 9.59 Å². The molecule has 6 nitrogen and oxygen atoms in total. The lowest BCUT2D eigenvalue weighted by molar-refractivity contribution is -0.144. The van der Waals surface area contributed by atoms with E-state index in [0.29, 0.717) is 19.4 Å². The Balaban J connectivity index is 2.15. The summed E-state index contributed by atoms with van der Waals surface area (Å²) in [6.45, 7) is 0.0141. The van der Waals surface area contributed by atoms with Gasteiger partial charge in [-0.15, -0.1) is 0 Å². The lowest BCUT2D eigenvalue weighted by Gasteiger charge is -2.38. The SMILES string of the molecule is NCCC[C@H](C(N)=O)N(C(=O)C(c1ccccc1)c1ccccc1)[C@@H](CO)c1ccccc1. The van der Waals surface area contributed by atoms with Crippen molar-refractivity contribution < 1.29 is 14.7 Å². The van der Waals surface area contributed by atoms with Crippen LogP contribution in [0.5, 0.6) is 0 Å². The van der Waals surface area contributed by atoms with Crippen LogP contribution in [0.1, 0.15) is 41.5 Å². The third kappa shape index (κ3) is 5.86. The smallest absolute Gasteiger partial charge is 0.240 e. The van der Waals surface area contributed by atoms with Gasteiger partial charge in [0.05, 0.1) is 18.6 Å². The van der Waals surface area contributed by atoms with Crippen LogP contribution in [0.3, 0.4) is 0 Å². The average molecular weight is 446 g/mol. The molecule has 2 atom stereocenters. The van der Waals surface area contributed by atoms with Crippen LogP contribution >= 0.6 is 0 Å². The van der Waals surface area contributed by atoms with Crippen molar-refractivity contribution in [3.8, 4) is 0 Å². The summed E-state index contributed by atoms with van der Waals surface area (Å²) in [5, 5.41) is 10.4. The van der Waals surface area contributed by atoms with Crippen molar-refractivity contribution in [3.05, 3.63) is 108 Å². The average Bonchev–Trinajstić information content (AvgIpc) is 2.85. The highest BCUT2D eigenvalue weighted by molar-refractivity contribution is 5.92. The standard InChI is InChI=1S/C27H31N3O3/c28-18-10-17-23(26(29)32)30(24(19-31)20-11-4-1-5-12-20)27(33)25(21-13-6-2-7-14-21)22-15-8-3-9-16-22/h1-9,11-16,23-25,31H,10,17-19,28H2,(H2,29,32)/t23-,24+/m1/s1. The van der Waals surface area contributed by atoms with Crippen LogP contribution in [0.4, 0.5) is 0 Å². The van der Waals surface area contributed by atoms with E-state index in [0.717, 1.165) is 16.7 Å². The van der Waals surface area contributed by atoms with Gasteiger partial charge in [-0.2, -0.15) is 0 Å². The first-order valence-electron chi connectivity index (χ1n) is 11.2. The number of benzene rings is 3. The fourth-order valence-electron chi connectivity index (χ4n) is 4.20. The molecule has 0 saturated heterocycles. The monoisotopic (exact) mass is 445 g/mol. The van der Waals surface area contributed by atoms with Crippen molar-refractivity contribution in [2.75, 3.05) is 13.2 Å². The lowest BCUT2D eigenvalue weighted by Crippen LogP contribution is -2.52. The van der Waals surface area contributed by atoms with Crippen molar-refractivity contribution in [2.45, 2.75) is 30.8 Å². The first kappa shape index (κ1) is 24.2. The zero-order valence-corrected chi connectivity index (χ0v) is 18.6. The highest BCUT2D eigenvalue weighted by Crippen LogP contribution is 2.33. The van der Waals surface area contributed by atoms with Gasteiger partial charge in [-0.25, -0.2) is 0 Å². The number of hydrogen-bond acceptors (Lipinski definition) is 4. The molecule has 5 N–H and O–H groups in total. The number of hydrogen-bond donors (Lipinski definition) is 3. The second kappa shape index (κ2) is 11.9. The number of primary amides is 1. The van der Waals surface area contributed by atoms with E-state index in [4.69, 9.17) is 11.5 Å². The van der Waals surface area contributed by atoms with E-state index in [2.05, 4.69) is 0 Å². The maximum Gasteiger partial charge on any atom is 0.240 e. The van der Waals surface area contributed by atoms with Gasteiger partial charge < -0.3 is 21.5 Å². The van der Waals surface area contributed by atoms with Crippen LogP contribution in [0.2, 0.25) is 0 Å². The molecule has 0 heterocycles. The quantitative estimate of drug-likeness (QED) is 0.421. The predicted molar refractivity (Wildman–Crippen MR) is 129 cm³/mol. The molecule has 0 aromatic heterocycles. The number of carbonyl (C=O) groups excluding carboxylic acids is 2. The second-order valence-corrected chi connectivity index (χ2v) is 7.96. The highest BCUT2D eigenvalue weighted by Gasteiger charge is 2.38. The molecule has 6 heteroatoms. The number of carbonyl (C=O) groups is 2. The van der Waals surface area contributed by atoms with E-state index in [1.165, 1.54) is 4.90 Å². The van der Waals surface area contributed by atoms with Crippen molar-refractivity contribution in [1.82, 2.24) is 4.90 Å². The van der Waals surface area contributed by atoms with Crippen LogP contribution in [0.25, 0.3) is 0 Å². The van der Waals surface area contributed by atoms with Gasteiger partial charge in [0.25, 0.3) is 0 Å². The topological polar surface area (TPSA) is 110 Å². The summed E-state index contributed by atoms with van der Waals surface area (Å²) < 4.78 is 0. The van der Waals surface area contributed by atoms with Gasteiger partial charge >= 0.3 is 0 Å². The van der Waals surface area contributed by atoms with Crippen LogP contribution < -0.4 is 11.5 Å². The molecule has 0 bridgehead atoms. The zero-order valence-electron chi connectivity index (χ0n) is 18.6. The first-order chi connectivity index (χ1) is 16.1. The van der Waals surface area contributed by atoms with Gasteiger partial charge in [-0.05, 0) is 36.1 Å². The third-order valence-electron chi connectivity index (χ3n) is 5.81. The van der Waals surface area contributed by atoms with E-state index >= 15 is 0 Å². The van der Waals surface area contributed by atoms with E-state index in [1.807, 2.05) is 91.0 Å². The second-order valence-electron chi connectivity index (χ2n) is 7.96. The van der Waals surface area contributed by atoms with Crippen molar-refractivity contribution in [1.29, 1.82) is 0 Å². The highest BCUT2D eigenvalue weighted by atomic mass is 16.3. The summed E-state index contributed by atoms with van der Waals surface area (Å²) in [4.78, 5) is 28.4. The van der Waals surface area contributed by atoms with E-state index in [9.17, 15) is 14.7 Å². The molecule has 172 valence electrons. The molecular formula is C27H31N3O3. The number of aliphatic hydroxyl groups is 1. The van der Waals surface area contributed by atoms with Gasteiger partial charge in [0, 0.05) is 0 Å². The molecule has 2 amide bonds. The Morgan fingerprint density at radius 1 is 0.788 bits per heavy atom. The van der Waals surface area contributed by atoms with Gasteiger partial charge in [0.15, 0.2) is 0 Å². The third-order valence-corrected chi connectivity index (χ3v) is 5.81. The zero-order chi connectivity index (χ0) is 23.6. The molecule has 0 aliphatic heterocycles. The number of rotatable bonds is 11. The number of aliphatic hydroxyl groups excluding tert-OH is 1. The minimum absolute atomic E-state index is 0.295.